The molecule has 6 heteroatoms. The molecule has 0 atom stereocenters. The Balaban J connectivity index is 1.35. The zero-order chi connectivity index (χ0) is 22.1. The van der Waals surface area contributed by atoms with Gasteiger partial charge >= 0.3 is 0 Å². The van der Waals surface area contributed by atoms with Gasteiger partial charge in [-0.3, -0.25) is 14.2 Å². The van der Waals surface area contributed by atoms with Crippen LogP contribution < -0.4 is 10.9 Å². The van der Waals surface area contributed by atoms with Gasteiger partial charge in [0.1, 0.15) is 4.83 Å². The number of rotatable bonds is 6. The molecule has 0 aliphatic heterocycles. The highest BCUT2D eigenvalue weighted by Crippen LogP contribution is 2.41. The summed E-state index contributed by atoms with van der Waals surface area (Å²) in [5.74, 6) is -0.0374. The molecule has 5 nitrogen and oxygen atoms in total. The van der Waals surface area contributed by atoms with Crippen LogP contribution >= 0.6 is 11.3 Å². The molecule has 1 N–H and O–H groups in total. The van der Waals surface area contributed by atoms with Crippen molar-refractivity contribution in [2.75, 3.05) is 0 Å². The monoisotopic (exact) mass is 443 g/mol. The maximum Gasteiger partial charge on any atom is 0.262 e. The average Bonchev–Trinajstić information content (AvgIpc) is 3.22. The molecule has 5 rings (SSSR count). The van der Waals surface area contributed by atoms with Crippen LogP contribution in [-0.2, 0) is 16.9 Å². The molecule has 162 valence electrons. The fourth-order valence-corrected chi connectivity index (χ4v) is 5.30. The lowest BCUT2D eigenvalue weighted by atomic mass is 9.71. The molecule has 0 unspecified atom stereocenters. The summed E-state index contributed by atoms with van der Waals surface area (Å²) in [7, 11) is 0. The first kappa shape index (κ1) is 20.6. The molecule has 1 aliphatic rings. The summed E-state index contributed by atoms with van der Waals surface area (Å²) in [5, 5.41) is 5.85. The number of nitrogens with zero attached hydrogens (tertiary/aromatic N) is 2. The van der Waals surface area contributed by atoms with E-state index in [-0.39, 0.29) is 23.4 Å². The second-order valence-corrected chi connectivity index (χ2v) is 9.40. The molecule has 2 aromatic carbocycles. The molecule has 32 heavy (non-hydrogen) atoms. The zero-order valence-electron chi connectivity index (χ0n) is 18.0. The van der Waals surface area contributed by atoms with E-state index >= 15 is 0 Å². The number of fused-ring (bicyclic) bond motifs is 1. The number of hydrogen-bond donors (Lipinski definition) is 1. The van der Waals surface area contributed by atoms with Gasteiger partial charge in [-0.25, -0.2) is 4.98 Å². The van der Waals surface area contributed by atoms with Gasteiger partial charge in [-0.1, -0.05) is 60.2 Å². The van der Waals surface area contributed by atoms with Gasteiger partial charge in [0.2, 0.25) is 5.91 Å². The average molecular weight is 444 g/mol. The number of aryl methyl sites for hydroxylation is 2. The Morgan fingerprint density at radius 2 is 1.88 bits per heavy atom. The Kier molecular flexibility index (Phi) is 5.39. The Labute approximate surface area is 190 Å². The SMILES string of the molecule is Cc1ccc(-c2csc3ncn(CCC(=O)NC4(c5ccccc5)CCC4)c(=O)c23)cc1. The van der Waals surface area contributed by atoms with E-state index in [2.05, 4.69) is 22.4 Å². The first-order chi connectivity index (χ1) is 15.6. The van der Waals surface area contributed by atoms with Crippen molar-refractivity contribution in [2.24, 2.45) is 0 Å². The summed E-state index contributed by atoms with van der Waals surface area (Å²) in [6.07, 6.45) is 4.81. The number of nitrogens with one attached hydrogen (secondary N) is 1. The number of carbonyl (C=O) groups is 1. The van der Waals surface area contributed by atoms with Crippen LogP contribution in [0.2, 0.25) is 0 Å². The minimum Gasteiger partial charge on any atom is -0.347 e. The molecule has 0 spiro atoms. The highest BCUT2D eigenvalue weighted by atomic mass is 32.1. The summed E-state index contributed by atoms with van der Waals surface area (Å²) < 4.78 is 1.56. The topological polar surface area (TPSA) is 64.0 Å². The van der Waals surface area contributed by atoms with E-state index < -0.39 is 0 Å². The lowest BCUT2D eigenvalue weighted by Gasteiger charge is -2.43. The van der Waals surface area contributed by atoms with Crippen LogP contribution in [0.4, 0.5) is 0 Å². The lowest BCUT2D eigenvalue weighted by Crippen LogP contribution is -2.51. The number of hydrogen-bond acceptors (Lipinski definition) is 4. The third-order valence-corrected chi connectivity index (χ3v) is 7.30. The maximum absolute atomic E-state index is 13.2. The highest BCUT2D eigenvalue weighted by molar-refractivity contribution is 7.17. The number of aromatic nitrogens is 2. The molecular weight excluding hydrogens is 418 g/mol. The largest absolute Gasteiger partial charge is 0.347 e. The Bertz CT molecular complexity index is 1320. The van der Waals surface area contributed by atoms with Gasteiger partial charge < -0.3 is 5.32 Å². The third kappa shape index (κ3) is 3.75. The smallest absolute Gasteiger partial charge is 0.262 e. The predicted octanol–water partition coefficient (Wildman–Crippen LogP) is 5.02. The van der Waals surface area contributed by atoms with Crippen molar-refractivity contribution in [2.45, 2.75) is 44.7 Å². The van der Waals surface area contributed by atoms with Crippen molar-refractivity contribution < 1.29 is 4.79 Å². The van der Waals surface area contributed by atoms with E-state index in [9.17, 15) is 9.59 Å². The molecule has 2 aromatic heterocycles. The van der Waals surface area contributed by atoms with Crippen LogP contribution in [-0.4, -0.2) is 15.5 Å². The van der Waals surface area contributed by atoms with Crippen molar-refractivity contribution in [1.29, 1.82) is 0 Å². The van der Waals surface area contributed by atoms with E-state index in [1.807, 2.05) is 54.8 Å². The van der Waals surface area contributed by atoms with Crippen LogP contribution in [0.5, 0.6) is 0 Å². The van der Waals surface area contributed by atoms with Gasteiger partial charge in [0.15, 0.2) is 0 Å². The van der Waals surface area contributed by atoms with E-state index in [1.54, 1.807) is 10.9 Å². The predicted molar refractivity (Wildman–Crippen MR) is 129 cm³/mol. The molecule has 0 bridgehead atoms. The van der Waals surface area contributed by atoms with Gasteiger partial charge in [-0.2, -0.15) is 0 Å². The van der Waals surface area contributed by atoms with Gasteiger partial charge in [0, 0.05) is 23.9 Å². The lowest BCUT2D eigenvalue weighted by molar-refractivity contribution is -0.124. The van der Waals surface area contributed by atoms with Crippen LogP contribution in [0.3, 0.4) is 0 Å². The van der Waals surface area contributed by atoms with Crippen molar-refractivity contribution >= 4 is 27.5 Å². The van der Waals surface area contributed by atoms with Crippen LogP contribution in [0.25, 0.3) is 21.3 Å². The standard InChI is InChI=1S/C26H25N3O2S/c1-18-8-10-19(11-9-18)21-16-32-24-23(21)25(31)29(17-27-24)15-12-22(30)28-26(13-5-14-26)20-6-3-2-4-7-20/h2-4,6-11,16-17H,5,12-15H2,1H3,(H,28,30). The van der Waals surface area contributed by atoms with Gasteiger partial charge in [0.25, 0.3) is 5.56 Å². The highest BCUT2D eigenvalue weighted by Gasteiger charge is 2.39. The molecule has 1 fully saturated rings. The molecule has 4 aromatic rings. The van der Waals surface area contributed by atoms with Gasteiger partial charge in [0.05, 0.1) is 17.3 Å². The number of carbonyl (C=O) groups excluding carboxylic acids is 1. The quantitative estimate of drug-likeness (QED) is 0.455. The normalized spacial score (nSPS) is 14.8. The molecule has 2 heterocycles. The molecule has 1 aliphatic carbocycles. The van der Waals surface area contributed by atoms with Crippen molar-refractivity contribution in [3.8, 4) is 11.1 Å². The van der Waals surface area contributed by atoms with Gasteiger partial charge in [-0.15, -0.1) is 11.3 Å². The minimum absolute atomic E-state index is 0.0374. The molecule has 0 radical (unpaired) electrons. The maximum atomic E-state index is 13.2. The molecular formula is C26H25N3O2S. The van der Waals surface area contributed by atoms with E-state index in [4.69, 9.17) is 0 Å². The first-order valence-corrected chi connectivity index (χ1v) is 11.8. The molecule has 1 saturated carbocycles. The van der Waals surface area contributed by atoms with Crippen LogP contribution in [0.15, 0.2) is 71.1 Å². The van der Waals surface area contributed by atoms with Crippen molar-refractivity contribution in [1.82, 2.24) is 14.9 Å². The van der Waals surface area contributed by atoms with Crippen LogP contribution in [0.1, 0.15) is 36.8 Å². The fourth-order valence-electron chi connectivity index (χ4n) is 4.40. The van der Waals surface area contributed by atoms with E-state index in [0.29, 0.717) is 11.9 Å². The minimum atomic E-state index is -0.266. The number of thiophene rings is 1. The Morgan fingerprint density at radius 3 is 2.56 bits per heavy atom. The number of benzene rings is 2. The van der Waals surface area contributed by atoms with Crippen molar-refractivity contribution in [3.63, 3.8) is 0 Å². The summed E-state index contributed by atoms with van der Waals surface area (Å²) in [6, 6.07) is 18.3. The Morgan fingerprint density at radius 1 is 1.12 bits per heavy atom. The van der Waals surface area contributed by atoms with E-state index in [0.717, 1.165) is 40.8 Å². The third-order valence-electron chi connectivity index (χ3n) is 6.42. The number of amides is 1. The van der Waals surface area contributed by atoms with E-state index in [1.165, 1.54) is 16.9 Å². The first-order valence-electron chi connectivity index (χ1n) is 11.0. The summed E-state index contributed by atoms with van der Waals surface area (Å²) in [4.78, 5) is 31.2. The van der Waals surface area contributed by atoms with Crippen molar-refractivity contribution in [3.05, 3.63) is 87.8 Å². The fraction of sp³-hybridized carbons (Fsp3) is 0.269. The zero-order valence-corrected chi connectivity index (χ0v) is 18.8. The Hall–Kier alpha value is -3.25. The summed E-state index contributed by atoms with van der Waals surface area (Å²) in [6.45, 7) is 2.35. The van der Waals surface area contributed by atoms with Crippen LogP contribution in [0, 0.1) is 6.92 Å². The van der Waals surface area contributed by atoms with Gasteiger partial charge in [-0.05, 0) is 37.3 Å². The molecule has 0 saturated heterocycles. The second-order valence-electron chi connectivity index (χ2n) is 8.54. The second kappa shape index (κ2) is 8.36. The molecule has 1 amide bonds. The summed E-state index contributed by atoms with van der Waals surface area (Å²) in [5.41, 5.74) is 3.87. The summed E-state index contributed by atoms with van der Waals surface area (Å²) >= 11 is 1.47.